The van der Waals surface area contributed by atoms with Crippen molar-refractivity contribution in [1.29, 1.82) is 0 Å². The van der Waals surface area contributed by atoms with Gasteiger partial charge in [-0.1, -0.05) is 30.3 Å². The minimum atomic E-state index is -0.454. The van der Waals surface area contributed by atoms with Crippen LogP contribution in [0.4, 0.5) is 4.39 Å². The summed E-state index contributed by atoms with van der Waals surface area (Å²) in [6, 6.07) is 15.1. The van der Waals surface area contributed by atoms with Crippen LogP contribution in [0.5, 0.6) is 0 Å². The van der Waals surface area contributed by atoms with E-state index in [1.807, 2.05) is 24.3 Å². The average Bonchev–Trinajstić information content (AvgIpc) is 2.96. The van der Waals surface area contributed by atoms with Crippen LogP contribution in [0.1, 0.15) is 29.3 Å². The first-order valence-electron chi connectivity index (χ1n) is 8.46. The second-order valence-electron chi connectivity index (χ2n) is 6.55. The Kier molecular flexibility index (Phi) is 4.08. The van der Waals surface area contributed by atoms with Crippen LogP contribution < -0.4 is 5.32 Å². The number of para-hydroxylation sites is 1. The molecule has 2 unspecified atom stereocenters. The fourth-order valence-electron chi connectivity index (χ4n) is 3.67. The van der Waals surface area contributed by atoms with Crippen molar-refractivity contribution in [2.45, 2.75) is 31.4 Å². The number of aliphatic hydroxyl groups excluding tert-OH is 1. The average molecular weight is 324 g/mol. The summed E-state index contributed by atoms with van der Waals surface area (Å²) < 4.78 is 12.9. The van der Waals surface area contributed by atoms with E-state index in [-0.39, 0.29) is 11.9 Å². The second kappa shape index (κ2) is 6.38. The van der Waals surface area contributed by atoms with Crippen molar-refractivity contribution in [3.63, 3.8) is 0 Å². The molecule has 4 heteroatoms. The van der Waals surface area contributed by atoms with Gasteiger partial charge >= 0.3 is 0 Å². The maximum absolute atomic E-state index is 12.9. The first-order chi connectivity index (χ1) is 11.7. The number of benzene rings is 2. The molecule has 1 aromatic heterocycles. The Balaban J connectivity index is 1.43. The van der Waals surface area contributed by atoms with Gasteiger partial charge in [-0.25, -0.2) is 4.39 Å². The Morgan fingerprint density at radius 3 is 2.75 bits per heavy atom. The minimum absolute atomic E-state index is 0.200. The van der Waals surface area contributed by atoms with Crippen LogP contribution in [0.25, 0.3) is 10.9 Å². The van der Waals surface area contributed by atoms with Gasteiger partial charge in [0.25, 0.3) is 0 Å². The molecule has 0 spiro atoms. The van der Waals surface area contributed by atoms with Crippen molar-refractivity contribution in [3.8, 4) is 0 Å². The number of hydrogen-bond acceptors (Lipinski definition) is 2. The number of halogens is 1. The highest BCUT2D eigenvalue weighted by molar-refractivity contribution is 5.85. The number of hydrogen-bond donors (Lipinski definition) is 3. The van der Waals surface area contributed by atoms with Crippen molar-refractivity contribution < 1.29 is 9.50 Å². The predicted octanol–water partition coefficient (Wildman–Crippen LogP) is 3.49. The van der Waals surface area contributed by atoms with Gasteiger partial charge in [0, 0.05) is 22.6 Å². The van der Waals surface area contributed by atoms with Crippen molar-refractivity contribution in [2.24, 2.45) is 0 Å². The summed E-state index contributed by atoms with van der Waals surface area (Å²) in [6.07, 6.45) is 2.03. The van der Waals surface area contributed by atoms with E-state index < -0.39 is 6.10 Å². The molecule has 0 radical (unpaired) electrons. The Bertz CT molecular complexity index is 840. The fourth-order valence-corrected chi connectivity index (χ4v) is 3.67. The predicted molar refractivity (Wildman–Crippen MR) is 93.5 cm³/mol. The van der Waals surface area contributed by atoms with Gasteiger partial charge in [-0.05, 0) is 55.1 Å². The monoisotopic (exact) mass is 324 g/mol. The Labute approximate surface area is 140 Å². The molecule has 0 amide bonds. The van der Waals surface area contributed by atoms with Gasteiger partial charge in [0.05, 0.1) is 6.10 Å². The van der Waals surface area contributed by atoms with Gasteiger partial charge in [0.15, 0.2) is 0 Å². The van der Waals surface area contributed by atoms with Crippen LogP contribution in [0, 0.1) is 5.82 Å². The van der Waals surface area contributed by atoms with Crippen LogP contribution in [-0.2, 0) is 12.8 Å². The third-order valence-corrected chi connectivity index (χ3v) is 4.90. The molecule has 3 nitrogen and oxygen atoms in total. The Hall–Kier alpha value is -2.17. The topological polar surface area (TPSA) is 48.0 Å². The highest BCUT2D eigenvalue weighted by Crippen LogP contribution is 2.34. The standard InChI is InChI=1S/C20H21FN2O/c21-14-7-5-13(6-8-14)9-10-22-15-11-17-16-3-1-2-4-18(16)23-20(17)19(24)12-15/h1-8,15,19,22-24H,9-12H2. The van der Waals surface area contributed by atoms with Crippen molar-refractivity contribution in [2.75, 3.05) is 6.54 Å². The fraction of sp³-hybridized carbons (Fsp3) is 0.300. The SMILES string of the molecule is OC1CC(NCCc2ccc(F)cc2)Cc2c1[nH]c1ccccc21. The number of aromatic amines is 1. The maximum atomic E-state index is 12.9. The number of H-pyrrole nitrogens is 1. The third kappa shape index (κ3) is 2.95. The molecular weight excluding hydrogens is 303 g/mol. The van der Waals surface area contributed by atoms with E-state index in [2.05, 4.69) is 22.4 Å². The lowest BCUT2D eigenvalue weighted by Gasteiger charge is -2.27. The lowest BCUT2D eigenvalue weighted by Crippen LogP contribution is -2.37. The lowest BCUT2D eigenvalue weighted by molar-refractivity contribution is 0.137. The van der Waals surface area contributed by atoms with Crippen molar-refractivity contribution >= 4 is 10.9 Å². The van der Waals surface area contributed by atoms with Gasteiger partial charge in [-0.2, -0.15) is 0 Å². The summed E-state index contributed by atoms with van der Waals surface area (Å²) in [4.78, 5) is 3.36. The number of fused-ring (bicyclic) bond motifs is 3. The number of aromatic nitrogens is 1. The molecule has 4 rings (SSSR count). The molecule has 2 atom stereocenters. The Morgan fingerprint density at radius 2 is 1.92 bits per heavy atom. The molecule has 0 fully saturated rings. The molecule has 1 heterocycles. The zero-order chi connectivity index (χ0) is 16.5. The molecule has 0 saturated heterocycles. The normalized spacial score (nSPS) is 20.2. The molecule has 24 heavy (non-hydrogen) atoms. The van der Waals surface area contributed by atoms with E-state index >= 15 is 0 Å². The number of rotatable bonds is 4. The van der Waals surface area contributed by atoms with Crippen molar-refractivity contribution in [1.82, 2.24) is 10.3 Å². The quantitative estimate of drug-likeness (QED) is 0.688. The van der Waals surface area contributed by atoms with Crippen molar-refractivity contribution in [3.05, 3.63) is 71.2 Å². The summed E-state index contributed by atoms with van der Waals surface area (Å²) in [5.41, 5.74) is 4.40. The minimum Gasteiger partial charge on any atom is -0.387 e. The molecule has 0 aliphatic heterocycles. The van der Waals surface area contributed by atoms with E-state index in [0.29, 0.717) is 6.42 Å². The molecule has 124 valence electrons. The first-order valence-corrected chi connectivity index (χ1v) is 8.46. The van der Waals surface area contributed by atoms with Crippen LogP contribution in [-0.4, -0.2) is 22.7 Å². The van der Waals surface area contributed by atoms with Gasteiger partial charge in [0.1, 0.15) is 5.82 Å². The zero-order valence-corrected chi connectivity index (χ0v) is 13.4. The van der Waals surface area contributed by atoms with Gasteiger partial charge in [-0.3, -0.25) is 0 Å². The summed E-state index contributed by atoms with van der Waals surface area (Å²) in [6.45, 7) is 0.820. The first kappa shape index (κ1) is 15.4. The molecule has 2 aromatic carbocycles. The van der Waals surface area contributed by atoms with Gasteiger partial charge in [0.2, 0.25) is 0 Å². The lowest BCUT2D eigenvalue weighted by atomic mass is 9.89. The third-order valence-electron chi connectivity index (χ3n) is 4.90. The van der Waals surface area contributed by atoms with Crippen LogP contribution in [0.2, 0.25) is 0 Å². The molecular formula is C20H21FN2O. The smallest absolute Gasteiger partial charge is 0.123 e. The number of aliphatic hydroxyl groups is 1. The molecule has 0 bridgehead atoms. The van der Waals surface area contributed by atoms with E-state index in [4.69, 9.17) is 0 Å². The van der Waals surface area contributed by atoms with E-state index in [1.54, 1.807) is 0 Å². The van der Waals surface area contributed by atoms with E-state index in [0.717, 1.165) is 36.2 Å². The molecule has 0 saturated carbocycles. The zero-order valence-electron chi connectivity index (χ0n) is 13.4. The number of nitrogens with one attached hydrogen (secondary N) is 2. The van der Waals surface area contributed by atoms with Crippen LogP contribution in [0.15, 0.2) is 48.5 Å². The summed E-state index contributed by atoms with van der Waals surface area (Å²) >= 11 is 0. The summed E-state index contributed by atoms with van der Waals surface area (Å²) in [5, 5.41) is 15.2. The highest BCUT2D eigenvalue weighted by Gasteiger charge is 2.28. The molecule has 3 aromatic rings. The van der Waals surface area contributed by atoms with E-state index in [9.17, 15) is 9.50 Å². The Morgan fingerprint density at radius 1 is 1.12 bits per heavy atom. The van der Waals surface area contributed by atoms with Crippen LogP contribution in [0.3, 0.4) is 0 Å². The highest BCUT2D eigenvalue weighted by atomic mass is 19.1. The molecule has 1 aliphatic carbocycles. The summed E-state index contributed by atoms with van der Waals surface area (Å²) in [7, 11) is 0. The van der Waals surface area contributed by atoms with Crippen LogP contribution >= 0.6 is 0 Å². The second-order valence-corrected chi connectivity index (χ2v) is 6.55. The van der Waals surface area contributed by atoms with Gasteiger partial charge < -0.3 is 15.4 Å². The molecule has 3 N–H and O–H groups in total. The summed E-state index contributed by atoms with van der Waals surface area (Å²) in [5.74, 6) is -0.200. The van der Waals surface area contributed by atoms with E-state index in [1.165, 1.54) is 23.1 Å². The molecule has 1 aliphatic rings. The maximum Gasteiger partial charge on any atom is 0.123 e. The van der Waals surface area contributed by atoms with Gasteiger partial charge in [-0.15, -0.1) is 0 Å². The largest absolute Gasteiger partial charge is 0.387 e.